The van der Waals surface area contributed by atoms with Gasteiger partial charge < -0.3 is 0 Å². The molecule has 1 heteroatoms. The van der Waals surface area contributed by atoms with Gasteiger partial charge in [0.2, 0.25) is 0 Å². The van der Waals surface area contributed by atoms with Gasteiger partial charge >= 0.3 is 0 Å². The Hall–Kier alpha value is -0.300. The van der Waals surface area contributed by atoms with Gasteiger partial charge in [0.25, 0.3) is 0 Å². The maximum atomic E-state index is 3.75. The van der Waals surface area contributed by atoms with Crippen molar-refractivity contribution < 1.29 is 0 Å². The molecule has 0 aliphatic rings. The molecule has 0 spiro atoms. The Balaban J connectivity index is 3.41. The van der Waals surface area contributed by atoms with E-state index >= 15 is 0 Å². The lowest BCUT2D eigenvalue weighted by Gasteiger charge is -2.18. The van der Waals surface area contributed by atoms with Gasteiger partial charge in [0.15, 0.2) is 0 Å². The van der Waals surface area contributed by atoms with Gasteiger partial charge in [-0.25, -0.2) is 0 Å². The minimum atomic E-state index is 1.05. The normalized spacial score (nSPS) is 10.5. The summed E-state index contributed by atoms with van der Waals surface area (Å²) in [5.74, 6) is 0. The quantitative estimate of drug-likeness (QED) is 0.511. The number of nitrogens with zero attached hydrogens (tertiary/aromatic N) is 1. The number of hydrogen-bond donors (Lipinski definition) is 0. The average molecular weight is 155 g/mol. The predicted molar refractivity (Wildman–Crippen MR) is 51.8 cm³/mol. The van der Waals surface area contributed by atoms with Crippen LogP contribution in [0.5, 0.6) is 0 Å². The summed E-state index contributed by atoms with van der Waals surface area (Å²) in [7, 11) is 0. The van der Waals surface area contributed by atoms with E-state index in [1.165, 1.54) is 32.4 Å². The molecule has 0 aromatic rings. The van der Waals surface area contributed by atoms with Gasteiger partial charge in [-0.2, -0.15) is 0 Å². The van der Waals surface area contributed by atoms with Gasteiger partial charge in [0.1, 0.15) is 0 Å². The summed E-state index contributed by atoms with van der Waals surface area (Å²) in [5.41, 5.74) is 0. The van der Waals surface area contributed by atoms with Crippen molar-refractivity contribution in [3.8, 4) is 0 Å². The van der Waals surface area contributed by atoms with E-state index in [-0.39, 0.29) is 0 Å². The van der Waals surface area contributed by atoms with Gasteiger partial charge in [-0.05, 0) is 25.9 Å². The first-order chi connectivity index (χ1) is 5.35. The van der Waals surface area contributed by atoms with Crippen molar-refractivity contribution in [2.75, 3.05) is 19.6 Å². The van der Waals surface area contributed by atoms with Crippen LogP contribution in [0.3, 0.4) is 0 Å². The lowest BCUT2D eigenvalue weighted by molar-refractivity contribution is 0.298. The molecule has 11 heavy (non-hydrogen) atoms. The van der Waals surface area contributed by atoms with E-state index in [9.17, 15) is 0 Å². The fourth-order valence-electron chi connectivity index (χ4n) is 1.17. The Bertz CT molecular complexity index is 88.9. The van der Waals surface area contributed by atoms with Crippen LogP contribution in [0.4, 0.5) is 0 Å². The highest BCUT2D eigenvalue weighted by atomic mass is 15.1. The number of hydrogen-bond acceptors (Lipinski definition) is 1. The Morgan fingerprint density at radius 1 is 1.18 bits per heavy atom. The SMILES string of the molecule is C=CCN(CCC)CCCC. The Labute approximate surface area is 71.1 Å². The van der Waals surface area contributed by atoms with Crippen molar-refractivity contribution in [2.45, 2.75) is 33.1 Å². The summed E-state index contributed by atoms with van der Waals surface area (Å²) in [6.07, 6.45) is 5.84. The molecule has 66 valence electrons. The van der Waals surface area contributed by atoms with Crippen LogP contribution >= 0.6 is 0 Å². The van der Waals surface area contributed by atoms with Crippen LogP contribution in [0.2, 0.25) is 0 Å². The van der Waals surface area contributed by atoms with E-state index in [1.807, 2.05) is 6.08 Å². The highest BCUT2D eigenvalue weighted by molar-refractivity contribution is 4.72. The van der Waals surface area contributed by atoms with Crippen LogP contribution < -0.4 is 0 Å². The summed E-state index contributed by atoms with van der Waals surface area (Å²) in [6, 6.07) is 0. The molecule has 0 rings (SSSR count). The second-order valence-corrected chi connectivity index (χ2v) is 2.94. The number of unbranched alkanes of at least 4 members (excludes halogenated alkanes) is 1. The molecule has 0 heterocycles. The Kier molecular flexibility index (Phi) is 7.59. The highest BCUT2D eigenvalue weighted by Gasteiger charge is 1.98. The molecule has 0 radical (unpaired) electrons. The lowest BCUT2D eigenvalue weighted by Crippen LogP contribution is -2.25. The van der Waals surface area contributed by atoms with E-state index in [1.54, 1.807) is 0 Å². The predicted octanol–water partition coefficient (Wildman–Crippen LogP) is 2.68. The first-order valence-electron chi connectivity index (χ1n) is 4.68. The molecule has 0 fully saturated rings. The molecule has 0 aliphatic heterocycles. The van der Waals surface area contributed by atoms with Gasteiger partial charge in [0, 0.05) is 6.54 Å². The monoisotopic (exact) mass is 155 g/mol. The standard InChI is InChI=1S/C10H21N/c1-4-7-10-11(8-5-2)9-6-3/h5H,2,4,6-10H2,1,3H3. The molecular weight excluding hydrogens is 134 g/mol. The van der Waals surface area contributed by atoms with Gasteiger partial charge in [-0.1, -0.05) is 26.3 Å². The Morgan fingerprint density at radius 3 is 2.36 bits per heavy atom. The molecule has 0 atom stereocenters. The van der Waals surface area contributed by atoms with Gasteiger partial charge in [-0.15, -0.1) is 6.58 Å². The zero-order valence-electron chi connectivity index (χ0n) is 7.97. The van der Waals surface area contributed by atoms with E-state index in [0.29, 0.717) is 0 Å². The van der Waals surface area contributed by atoms with Gasteiger partial charge in [-0.3, -0.25) is 4.90 Å². The van der Waals surface area contributed by atoms with Crippen molar-refractivity contribution in [1.82, 2.24) is 4.90 Å². The highest BCUT2D eigenvalue weighted by Crippen LogP contribution is 1.96. The minimum absolute atomic E-state index is 1.05. The molecule has 0 unspecified atom stereocenters. The first-order valence-corrected chi connectivity index (χ1v) is 4.68. The summed E-state index contributed by atoms with van der Waals surface area (Å²) in [6.45, 7) is 11.7. The third-order valence-corrected chi connectivity index (χ3v) is 1.76. The molecule has 0 aliphatic carbocycles. The van der Waals surface area contributed by atoms with E-state index in [2.05, 4.69) is 25.3 Å². The third kappa shape index (κ3) is 6.11. The first kappa shape index (κ1) is 10.7. The largest absolute Gasteiger partial charge is 0.300 e. The van der Waals surface area contributed by atoms with Crippen molar-refractivity contribution in [3.05, 3.63) is 12.7 Å². The fourth-order valence-corrected chi connectivity index (χ4v) is 1.17. The van der Waals surface area contributed by atoms with E-state index < -0.39 is 0 Å². The second-order valence-electron chi connectivity index (χ2n) is 2.94. The molecule has 0 saturated heterocycles. The molecule has 0 bridgehead atoms. The fraction of sp³-hybridized carbons (Fsp3) is 0.800. The molecule has 0 N–H and O–H groups in total. The topological polar surface area (TPSA) is 3.24 Å². The van der Waals surface area contributed by atoms with Crippen molar-refractivity contribution >= 4 is 0 Å². The summed E-state index contributed by atoms with van der Waals surface area (Å²) in [5, 5.41) is 0. The molecule has 0 aromatic heterocycles. The van der Waals surface area contributed by atoms with Crippen molar-refractivity contribution in [1.29, 1.82) is 0 Å². The second kappa shape index (κ2) is 7.80. The summed E-state index contributed by atoms with van der Waals surface area (Å²) < 4.78 is 0. The minimum Gasteiger partial charge on any atom is -0.300 e. The Morgan fingerprint density at radius 2 is 1.91 bits per heavy atom. The maximum Gasteiger partial charge on any atom is 0.0160 e. The van der Waals surface area contributed by atoms with Crippen LogP contribution in [0, 0.1) is 0 Å². The van der Waals surface area contributed by atoms with E-state index in [0.717, 1.165) is 6.54 Å². The molecular formula is C10H21N. The van der Waals surface area contributed by atoms with Crippen LogP contribution in [-0.2, 0) is 0 Å². The summed E-state index contributed by atoms with van der Waals surface area (Å²) in [4.78, 5) is 2.45. The molecule has 0 amide bonds. The average Bonchev–Trinajstić information content (AvgIpc) is 2.01. The van der Waals surface area contributed by atoms with Crippen molar-refractivity contribution in [3.63, 3.8) is 0 Å². The van der Waals surface area contributed by atoms with Gasteiger partial charge in [0.05, 0.1) is 0 Å². The molecule has 1 nitrogen and oxygen atoms in total. The van der Waals surface area contributed by atoms with Crippen LogP contribution in [0.1, 0.15) is 33.1 Å². The molecule has 0 saturated carbocycles. The smallest absolute Gasteiger partial charge is 0.0160 e. The zero-order chi connectivity index (χ0) is 8.53. The third-order valence-electron chi connectivity index (χ3n) is 1.76. The van der Waals surface area contributed by atoms with Crippen molar-refractivity contribution in [2.24, 2.45) is 0 Å². The lowest BCUT2D eigenvalue weighted by atomic mass is 10.3. The molecule has 0 aromatic carbocycles. The van der Waals surface area contributed by atoms with Crippen LogP contribution in [0.25, 0.3) is 0 Å². The maximum absolute atomic E-state index is 3.75. The van der Waals surface area contributed by atoms with Crippen LogP contribution in [0.15, 0.2) is 12.7 Å². The van der Waals surface area contributed by atoms with E-state index in [4.69, 9.17) is 0 Å². The summed E-state index contributed by atoms with van der Waals surface area (Å²) >= 11 is 0. The van der Waals surface area contributed by atoms with Crippen LogP contribution in [-0.4, -0.2) is 24.5 Å². The number of rotatable bonds is 7. The zero-order valence-corrected chi connectivity index (χ0v) is 7.97.